The summed E-state index contributed by atoms with van der Waals surface area (Å²) in [7, 11) is 0. The maximum Gasteiger partial charge on any atom is 0.162 e. The highest BCUT2D eigenvalue weighted by molar-refractivity contribution is 6.10. The predicted molar refractivity (Wildman–Crippen MR) is 207 cm³/mol. The van der Waals surface area contributed by atoms with Crippen molar-refractivity contribution in [2.24, 2.45) is 0 Å². The van der Waals surface area contributed by atoms with Crippen LogP contribution in [-0.2, 0) is 0 Å². The van der Waals surface area contributed by atoms with Crippen molar-refractivity contribution in [2.45, 2.75) is 6.92 Å². The van der Waals surface area contributed by atoms with Gasteiger partial charge in [0.05, 0.1) is 22.1 Å². The minimum Gasteiger partial charge on any atom is -0.457 e. The Bertz CT molecular complexity index is 2970. The molecular weight excluding hydrogens is 659 g/mol. The number of ether oxygens (including phenoxy) is 2. The number of para-hydroxylation sites is 2. The van der Waals surface area contributed by atoms with E-state index in [9.17, 15) is 0 Å². The lowest BCUT2D eigenvalue weighted by molar-refractivity contribution is 0.461. The summed E-state index contributed by atoms with van der Waals surface area (Å²) in [5.74, 6) is 4.64. The van der Waals surface area contributed by atoms with E-state index in [1.807, 2.05) is 72.9 Å². The molecule has 0 aliphatic heterocycles. The molecule has 10 aromatic rings. The van der Waals surface area contributed by atoms with Gasteiger partial charge < -0.3 is 9.47 Å². The average molecular weight is 688 g/mol. The Morgan fingerprint density at radius 3 is 1.60 bits per heavy atom. The highest BCUT2D eigenvalue weighted by Crippen LogP contribution is 2.39. The molecule has 5 aromatic carbocycles. The van der Waals surface area contributed by atoms with E-state index in [0.717, 1.165) is 66.4 Å². The van der Waals surface area contributed by atoms with Crippen LogP contribution in [0.15, 0.2) is 159 Å². The summed E-state index contributed by atoms with van der Waals surface area (Å²) in [6.45, 7) is 2.07. The number of rotatable bonds is 7. The first-order chi connectivity index (χ1) is 26.2. The molecule has 9 heteroatoms. The predicted octanol–water partition coefficient (Wildman–Crippen LogP) is 10.4. The van der Waals surface area contributed by atoms with Crippen LogP contribution in [0.3, 0.4) is 0 Å². The van der Waals surface area contributed by atoms with E-state index in [-0.39, 0.29) is 0 Å². The molecule has 5 heterocycles. The number of hydrogen-bond donors (Lipinski definition) is 0. The number of benzene rings is 5. The fourth-order valence-electron chi connectivity index (χ4n) is 7.13. The maximum atomic E-state index is 6.63. The van der Waals surface area contributed by atoms with Crippen molar-refractivity contribution in [3.8, 4) is 46.0 Å². The van der Waals surface area contributed by atoms with Gasteiger partial charge in [0.25, 0.3) is 0 Å². The van der Waals surface area contributed by atoms with Crippen molar-refractivity contribution in [3.63, 3.8) is 0 Å². The summed E-state index contributed by atoms with van der Waals surface area (Å²) in [6.07, 6.45) is 6.61. The van der Waals surface area contributed by atoms with Crippen LogP contribution in [0.1, 0.15) is 5.56 Å². The largest absolute Gasteiger partial charge is 0.457 e. The van der Waals surface area contributed by atoms with Crippen molar-refractivity contribution >= 4 is 43.6 Å². The molecule has 9 nitrogen and oxygen atoms in total. The quantitative estimate of drug-likeness (QED) is 0.165. The van der Waals surface area contributed by atoms with Gasteiger partial charge >= 0.3 is 0 Å². The molecule has 0 amide bonds. The standard InChI is InChI=1S/C44H29N7O2/c1-28-17-19-47-43(20-28)51-39-11-5-3-9-35(39)37-16-14-31(25-41(37)51)53-33-22-29(44-48-26-45-27-49-44)21-32(23-33)52-30-13-15-36-34-8-2-4-10-38(34)50(40(36)24-30)42-12-6-7-18-46-42/h2-27H,1H3. The number of nitrogens with zero attached hydrogens (tertiary/aromatic N) is 7. The van der Waals surface area contributed by atoms with Crippen molar-refractivity contribution in [1.82, 2.24) is 34.1 Å². The summed E-state index contributed by atoms with van der Waals surface area (Å²) < 4.78 is 17.6. The fraction of sp³-hybridized carbons (Fsp3) is 0.0227. The number of aryl methyl sites for hydroxylation is 1. The molecule has 0 bridgehead atoms. The van der Waals surface area contributed by atoms with Gasteiger partial charge in [-0.2, -0.15) is 0 Å². The zero-order valence-corrected chi connectivity index (χ0v) is 28.5. The number of hydrogen-bond acceptors (Lipinski definition) is 7. The lowest BCUT2D eigenvalue weighted by Gasteiger charge is -2.13. The Balaban J connectivity index is 1.07. The minimum absolute atomic E-state index is 0.502. The van der Waals surface area contributed by atoms with Crippen molar-refractivity contribution in [1.29, 1.82) is 0 Å². The van der Waals surface area contributed by atoms with Gasteiger partial charge in [-0.25, -0.2) is 24.9 Å². The number of fused-ring (bicyclic) bond motifs is 6. The lowest BCUT2D eigenvalue weighted by atomic mass is 10.1. The van der Waals surface area contributed by atoms with Crippen LogP contribution in [-0.4, -0.2) is 34.1 Å². The lowest BCUT2D eigenvalue weighted by Crippen LogP contribution is -1.97. The van der Waals surface area contributed by atoms with Crippen LogP contribution in [0.5, 0.6) is 23.0 Å². The van der Waals surface area contributed by atoms with Gasteiger partial charge in [-0.15, -0.1) is 0 Å². The van der Waals surface area contributed by atoms with E-state index < -0.39 is 0 Å². The maximum absolute atomic E-state index is 6.63. The van der Waals surface area contributed by atoms with Crippen LogP contribution in [0.2, 0.25) is 0 Å². The Morgan fingerprint density at radius 2 is 1.00 bits per heavy atom. The summed E-state index contributed by atoms with van der Waals surface area (Å²) >= 11 is 0. The molecule has 0 fully saturated rings. The topological polar surface area (TPSA) is 92.8 Å². The second-order valence-corrected chi connectivity index (χ2v) is 12.8. The van der Waals surface area contributed by atoms with Gasteiger partial charge in [0.1, 0.15) is 47.3 Å². The highest BCUT2D eigenvalue weighted by atomic mass is 16.5. The van der Waals surface area contributed by atoms with Crippen LogP contribution in [0.4, 0.5) is 0 Å². The molecule has 0 saturated heterocycles. The molecule has 0 unspecified atom stereocenters. The van der Waals surface area contributed by atoms with Gasteiger partial charge in [-0.3, -0.25) is 9.13 Å². The van der Waals surface area contributed by atoms with E-state index in [2.05, 4.69) is 103 Å². The van der Waals surface area contributed by atoms with Crippen molar-refractivity contribution in [3.05, 3.63) is 164 Å². The molecule has 0 N–H and O–H groups in total. The Kier molecular flexibility index (Phi) is 7.14. The van der Waals surface area contributed by atoms with Gasteiger partial charge in [-0.1, -0.05) is 42.5 Å². The van der Waals surface area contributed by atoms with E-state index >= 15 is 0 Å². The zero-order valence-electron chi connectivity index (χ0n) is 28.5. The third kappa shape index (κ3) is 5.39. The van der Waals surface area contributed by atoms with Crippen LogP contribution in [0.25, 0.3) is 66.6 Å². The third-order valence-electron chi connectivity index (χ3n) is 9.40. The molecule has 0 spiro atoms. The van der Waals surface area contributed by atoms with Crippen LogP contribution in [0, 0.1) is 6.92 Å². The molecule has 0 saturated carbocycles. The Labute approximate surface area is 303 Å². The molecule has 10 rings (SSSR count). The molecule has 252 valence electrons. The molecular formula is C44H29N7O2. The van der Waals surface area contributed by atoms with Crippen molar-refractivity contribution in [2.75, 3.05) is 0 Å². The Morgan fingerprint density at radius 1 is 0.434 bits per heavy atom. The molecule has 53 heavy (non-hydrogen) atoms. The van der Waals surface area contributed by atoms with Gasteiger partial charge in [0, 0.05) is 57.7 Å². The summed E-state index contributed by atoms with van der Waals surface area (Å²) in [6, 6.07) is 44.7. The van der Waals surface area contributed by atoms with Crippen LogP contribution >= 0.6 is 0 Å². The molecule has 0 aliphatic carbocycles. The summed E-state index contributed by atoms with van der Waals surface area (Å²) in [4.78, 5) is 22.3. The van der Waals surface area contributed by atoms with Gasteiger partial charge in [0.2, 0.25) is 0 Å². The molecule has 5 aromatic heterocycles. The fourth-order valence-corrected chi connectivity index (χ4v) is 7.13. The molecule has 0 atom stereocenters. The zero-order chi connectivity index (χ0) is 35.3. The van der Waals surface area contributed by atoms with Crippen LogP contribution < -0.4 is 9.47 Å². The number of aromatic nitrogens is 7. The first-order valence-electron chi connectivity index (χ1n) is 17.2. The van der Waals surface area contributed by atoms with Gasteiger partial charge in [0.15, 0.2) is 5.82 Å². The Hall–Kier alpha value is -7.39. The normalized spacial score (nSPS) is 11.5. The molecule has 0 aliphatic rings. The average Bonchev–Trinajstić information content (AvgIpc) is 3.70. The minimum atomic E-state index is 0.502. The second-order valence-electron chi connectivity index (χ2n) is 12.8. The highest BCUT2D eigenvalue weighted by Gasteiger charge is 2.17. The van der Waals surface area contributed by atoms with Gasteiger partial charge in [-0.05, 0) is 85.3 Å². The van der Waals surface area contributed by atoms with E-state index in [0.29, 0.717) is 28.8 Å². The van der Waals surface area contributed by atoms with Crippen molar-refractivity contribution < 1.29 is 9.47 Å². The molecule has 0 radical (unpaired) electrons. The SMILES string of the molecule is Cc1ccnc(-n2c3ccccc3c3ccc(Oc4cc(Oc5ccc6c7ccccc7n(-c7ccccn7)c6c5)cc(-c5ncncn5)c4)cc32)c1. The second kappa shape index (κ2) is 12.4. The van der Waals surface area contributed by atoms with E-state index in [1.54, 1.807) is 6.20 Å². The smallest absolute Gasteiger partial charge is 0.162 e. The third-order valence-corrected chi connectivity index (χ3v) is 9.40. The monoisotopic (exact) mass is 687 g/mol. The summed E-state index contributed by atoms with van der Waals surface area (Å²) in [5, 5.41) is 4.50. The number of pyridine rings is 2. The first kappa shape index (κ1) is 30.4. The summed E-state index contributed by atoms with van der Waals surface area (Å²) in [5.41, 5.74) is 5.98. The first-order valence-corrected chi connectivity index (χ1v) is 17.2. The van der Waals surface area contributed by atoms with E-state index in [4.69, 9.17) is 14.5 Å². The van der Waals surface area contributed by atoms with E-state index in [1.165, 1.54) is 12.7 Å².